The largest absolute Gasteiger partial charge is 0.411 e. The van der Waals surface area contributed by atoms with Crippen molar-refractivity contribution < 1.29 is 18.0 Å². The summed E-state index contributed by atoms with van der Waals surface area (Å²) in [5.74, 6) is -1.40. The molecule has 0 radical (unpaired) electrons. The summed E-state index contributed by atoms with van der Waals surface area (Å²) in [5.41, 5.74) is 0.557. The minimum atomic E-state index is -0.569. The Hall–Kier alpha value is -2.45. The number of rotatable bonds is 5. The second-order valence-corrected chi connectivity index (χ2v) is 6.15. The molecule has 0 aliphatic heterocycles. The second kappa shape index (κ2) is 7.62. The number of halogens is 3. The molecular weight excluding hydrogens is 372 g/mol. The Morgan fingerprint density at radius 2 is 1.96 bits per heavy atom. The fourth-order valence-corrected chi connectivity index (χ4v) is 2.65. The molecule has 3 rings (SSSR count). The molecule has 0 spiro atoms. The summed E-state index contributed by atoms with van der Waals surface area (Å²) in [6.07, 6.45) is 0. The summed E-state index contributed by atoms with van der Waals surface area (Å²) in [5, 5.41) is 10.1. The van der Waals surface area contributed by atoms with E-state index in [0.717, 1.165) is 17.8 Å². The van der Waals surface area contributed by atoms with Crippen LogP contribution in [0.25, 0.3) is 11.5 Å². The van der Waals surface area contributed by atoms with Gasteiger partial charge in [-0.2, -0.15) is 0 Å². The van der Waals surface area contributed by atoms with Crippen LogP contribution in [0.4, 0.5) is 14.5 Å². The first kappa shape index (κ1) is 17.4. The Morgan fingerprint density at radius 3 is 2.72 bits per heavy atom. The minimum Gasteiger partial charge on any atom is -0.411 e. The van der Waals surface area contributed by atoms with Crippen LogP contribution in [0, 0.1) is 11.6 Å². The molecule has 1 aromatic heterocycles. The highest BCUT2D eigenvalue weighted by Gasteiger charge is 2.14. The molecule has 0 aliphatic carbocycles. The SMILES string of the molecule is O=C(CSc1nnc(-c2ccccc2F)o1)Nc1ccc(F)c(Cl)c1. The fraction of sp³-hybridized carbons (Fsp3) is 0.0625. The zero-order chi connectivity index (χ0) is 17.8. The van der Waals surface area contributed by atoms with Gasteiger partial charge in [-0.1, -0.05) is 35.5 Å². The number of benzene rings is 2. The van der Waals surface area contributed by atoms with E-state index in [1.165, 1.54) is 24.3 Å². The smallest absolute Gasteiger partial charge is 0.277 e. The molecule has 1 N–H and O–H groups in total. The highest BCUT2D eigenvalue weighted by molar-refractivity contribution is 7.99. The topological polar surface area (TPSA) is 68.0 Å². The molecule has 1 heterocycles. The molecule has 128 valence electrons. The molecular formula is C16H10ClF2N3O2S. The van der Waals surface area contributed by atoms with Crippen molar-refractivity contribution in [2.75, 3.05) is 11.1 Å². The molecule has 0 bridgehead atoms. The maximum Gasteiger partial charge on any atom is 0.277 e. The Balaban J connectivity index is 1.59. The number of hydrogen-bond donors (Lipinski definition) is 1. The number of nitrogens with one attached hydrogen (secondary N) is 1. The van der Waals surface area contributed by atoms with E-state index in [2.05, 4.69) is 15.5 Å². The Kier molecular flexibility index (Phi) is 5.30. The summed E-state index contributed by atoms with van der Waals surface area (Å²) in [4.78, 5) is 11.9. The molecule has 1 amide bonds. The lowest BCUT2D eigenvalue weighted by molar-refractivity contribution is -0.113. The zero-order valence-corrected chi connectivity index (χ0v) is 14.1. The third-order valence-electron chi connectivity index (χ3n) is 3.04. The standard InChI is InChI=1S/C16H10ClF2N3O2S/c17-11-7-9(5-6-13(11)19)20-14(23)8-25-16-22-21-15(24-16)10-3-1-2-4-12(10)18/h1-7H,8H2,(H,20,23). The van der Waals surface area contributed by atoms with Crippen molar-refractivity contribution in [2.24, 2.45) is 0 Å². The summed E-state index contributed by atoms with van der Waals surface area (Å²) in [7, 11) is 0. The first-order chi connectivity index (χ1) is 12.0. The number of amides is 1. The normalized spacial score (nSPS) is 10.7. The van der Waals surface area contributed by atoms with Crippen LogP contribution in [0.5, 0.6) is 0 Å². The first-order valence-corrected chi connectivity index (χ1v) is 8.35. The van der Waals surface area contributed by atoms with Crippen LogP contribution < -0.4 is 5.32 Å². The van der Waals surface area contributed by atoms with Crippen molar-refractivity contribution in [3.63, 3.8) is 0 Å². The molecule has 2 aromatic carbocycles. The molecule has 0 saturated carbocycles. The summed E-state index contributed by atoms with van der Waals surface area (Å²) in [6, 6.07) is 9.86. The summed E-state index contributed by atoms with van der Waals surface area (Å²) >= 11 is 6.64. The van der Waals surface area contributed by atoms with Crippen LogP contribution in [-0.4, -0.2) is 21.9 Å². The average molecular weight is 382 g/mol. The lowest BCUT2D eigenvalue weighted by atomic mass is 10.2. The van der Waals surface area contributed by atoms with Gasteiger partial charge in [0.1, 0.15) is 11.6 Å². The van der Waals surface area contributed by atoms with Crippen molar-refractivity contribution >= 4 is 35.0 Å². The van der Waals surface area contributed by atoms with E-state index in [0.29, 0.717) is 5.69 Å². The van der Waals surface area contributed by atoms with Gasteiger partial charge in [-0.15, -0.1) is 10.2 Å². The Labute approximate surface area is 150 Å². The van der Waals surface area contributed by atoms with Gasteiger partial charge in [0.25, 0.3) is 11.1 Å². The number of nitrogens with zero attached hydrogens (tertiary/aromatic N) is 2. The Bertz CT molecular complexity index is 920. The number of carbonyl (C=O) groups excluding carboxylic acids is 1. The van der Waals surface area contributed by atoms with Gasteiger partial charge in [0.15, 0.2) is 0 Å². The van der Waals surface area contributed by atoms with E-state index in [9.17, 15) is 13.6 Å². The van der Waals surface area contributed by atoms with Gasteiger partial charge >= 0.3 is 0 Å². The van der Waals surface area contributed by atoms with Gasteiger partial charge < -0.3 is 9.73 Å². The molecule has 0 saturated heterocycles. The minimum absolute atomic E-state index is 0.0199. The van der Waals surface area contributed by atoms with Gasteiger partial charge in [-0.3, -0.25) is 4.79 Å². The van der Waals surface area contributed by atoms with Gasteiger partial charge in [0.2, 0.25) is 5.91 Å². The van der Waals surface area contributed by atoms with Gasteiger partial charge in [-0.25, -0.2) is 8.78 Å². The quantitative estimate of drug-likeness (QED) is 0.663. The zero-order valence-electron chi connectivity index (χ0n) is 12.5. The van der Waals surface area contributed by atoms with Crippen LogP contribution in [0.3, 0.4) is 0 Å². The number of hydrogen-bond acceptors (Lipinski definition) is 5. The van der Waals surface area contributed by atoms with Crippen molar-refractivity contribution in [1.29, 1.82) is 0 Å². The van der Waals surface area contributed by atoms with Crippen molar-refractivity contribution in [2.45, 2.75) is 5.22 Å². The monoisotopic (exact) mass is 381 g/mol. The number of thioether (sulfide) groups is 1. The van der Waals surface area contributed by atoms with Crippen LogP contribution in [-0.2, 0) is 4.79 Å². The fourth-order valence-electron chi connectivity index (χ4n) is 1.91. The maximum atomic E-state index is 13.7. The van der Waals surface area contributed by atoms with E-state index in [1.54, 1.807) is 12.1 Å². The molecule has 0 fully saturated rings. The predicted molar refractivity (Wildman–Crippen MR) is 90.5 cm³/mol. The highest BCUT2D eigenvalue weighted by atomic mass is 35.5. The average Bonchev–Trinajstić information content (AvgIpc) is 3.05. The van der Waals surface area contributed by atoms with Crippen LogP contribution in [0.15, 0.2) is 52.1 Å². The van der Waals surface area contributed by atoms with E-state index in [1.807, 2.05) is 0 Å². The molecule has 0 aliphatic rings. The van der Waals surface area contributed by atoms with Crippen LogP contribution in [0.2, 0.25) is 5.02 Å². The Morgan fingerprint density at radius 1 is 1.16 bits per heavy atom. The van der Waals surface area contributed by atoms with Crippen LogP contribution >= 0.6 is 23.4 Å². The molecule has 5 nitrogen and oxygen atoms in total. The van der Waals surface area contributed by atoms with Crippen molar-refractivity contribution in [3.8, 4) is 11.5 Å². The third-order valence-corrected chi connectivity index (χ3v) is 4.15. The third kappa shape index (κ3) is 4.34. The molecule has 0 unspecified atom stereocenters. The highest BCUT2D eigenvalue weighted by Crippen LogP contribution is 2.25. The predicted octanol–water partition coefficient (Wildman–Crippen LogP) is 4.40. The van der Waals surface area contributed by atoms with Crippen molar-refractivity contribution in [3.05, 3.63) is 59.1 Å². The molecule has 0 atom stereocenters. The van der Waals surface area contributed by atoms with Gasteiger partial charge in [0, 0.05) is 5.69 Å². The second-order valence-electron chi connectivity index (χ2n) is 4.82. The lowest BCUT2D eigenvalue weighted by Gasteiger charge is -2.04. The van der Waals surface area contributed by atoms with E-state index < -0.39 is 11.6 Å². The number of anilines is 1. The lowest BCUT2D eigenvalue weighted by Crippen LogP contribution is -2.14. The van der Waals surface area contributed by atoms with E-state index >= 15 is 0 Å². The summed E-state index contributed by atoms with van der Waals surface area (Å²) < 4.78 is 32.1. The first-order valence-electron chi connectivity index (χ1n) is 6.99. The van der Waals surface area contributed by atoms with Crippen LogP contribution in [0.1, 0.15) is 0 Å². The molecule has 25 heavy (non-hydrogen) atoms. The van der Waals surface area contributed by atoms with Gasteiger partial charge in [-0.05, 0) is 30.3 Å². The summed E-state index contributed by atoms with van der Waals surface area (Å²) in [6.45, 7) is 0. The van der Waals surface area contributed by atoms with Gasteiger partial charge in [0.05, 0.1) is 16.3 Å². The van der Waals surface area contributed by atoms with Crippen molar-refractivity contribution in [1.82, 2.24) is 10.2 Å². The van der Waals surface area contributed by atoms with E-state index in [-0.39, 0.29) is 33.4 Å². The molecule has 9 heteroatoms. The molecule has 3 aromatic rings. The maximum absolute atomic E-state index is 13.7. The van der Waals surface area contributed by atoms with E-state index in [4.69, 9.17) is 16.0 Å². The number of carbonyl (C=O) groups is 1. The number of aromatic nitrogens is 2.